The Morgan fingerprint density at radius 3 is 2.90 bits per heavy atom. The Bertz CT molecular complexity index is 286. The maximum Gasteiger partial charge on any atom is 0.356 e. The zero-order valence-corrected chi connectivity index (χ0v) is 5.68. The van der Waals surface area contributed by atoms with Crippen molar-refractivity contribution in [1.29, 1.82) is 0 Å². The SMILES string of the molecule is O=C(O)c1c[nH]c(=S)cn1. The number of hydrogen-bond donors (Lipinski definition) is 2. The van der Waals surface area contributed by atoms with Crippen molar-refractivity contribution in [2.75, 3.05) is 0 Å². The molecule has 0 bridgehead atoms. The van der Waals surface area contributed by atoms with Gasteiger partial charge in [0.05, 0.1) is 6.20 Å². The first kappa shape index (κ1) is 6.88. The van der Waals surface area contributed by atoms with Gasteiger partial charge in [-0.1, -0.05) is 12.2 Å². The Labute approximate surface area is 61.6 Å². The van der Waals surface area contributed by atoms with Gasteiger partial charge in [-0.2, -0.15) is 0 Å². The van der Waals surface area contributed by atoms with E-state index in [0.717, 1.165) is 0 Å². The molecule has 0 aliphatic rings. The van der Waals surface area contributed by atoms with E-state index in [2.05, 4.69) is 22.2 Å². The lowest BCUT2D eigenvalue weighted by Crippen LogP contribution is -1.99. The van der Waals surface area contributed by atoms with Gasteiger partial charge in [-0.3, -0.25) is 0 Å². The minimum absolute atomic E-state index is 0.0337. The van der Waals surface area contributed by atoms with E-state index in [9.17, 15) is 4.79 Å². The number of H-pyrrole nitrogens is 1. The van der Waals surface area contributed by atoms with Crippen molar-refractivity contribution in [3.05, 3.63) is 22.7 Å². The van der Waals surface area contributed by atoms with Gasteiger partial charge in [0.1, 0.15) is 4.64 Å². The van der Waals surface area contributed by atoms with Crippen LogP contribution < -0.4 is 0 Å². The van der Waals surface area contributed by atoms with Crippen molar-refractivity contribution in [2.45, 2.75) is 0 Å². The average molecular weight is 156 g/mol. The molecule has 0 spiro atoms. The molecule has 1 heterocycles. The molecule has 52 valence electrons. The van der Waals surface area contributed by atoms with Gasteiger partial charge in [0.25, 0.3) is 0 Å². The molecule has 0 aliphatic carbocycles. The third-order valence-electron chi connectivity index (χ3n) is 0.891. The van der Waals surface area contributed by atoms with Gasteiger partial charge < -0.3 is 10.1 Å². The van der Waals surface area contributed by atoms with E-state index < -0.39 is 5.97 Å². The Balaban J connectivity index is 3.12. The first-order chi connectivity index (χ1) is 4.70. The van der Waals surface area contributed by atoms with Crippen LogP contribution in [0.4, 0.5) is 0 Å². The minimum atomic E-state index is -1.06. The molecule has 0 saturated heterocycles. The summed E-state index contributed by atoms with van der Waals surface area (Å²) in [5.74, 6) is -1.06. The van der Waals surface area contributed by atoms with E-state index in [-0.39, 0.29) is 5.69 Å². The van der Waals surface area contributed by atoms with Gasteiger partial charge in [0.2, 0.25) is 0 Å². The summed E-state index contributed by atoms with van der Waals surface area (Å²) < 4.78 is 0.421. The van der Waals surface area contributed by atoms with Crippen molar-refractivity contribution in [2.24, 2.45) is 0 Å². The summed E-state index contributed by atoms with van der Waals surface area (Å²) in [7, 11) is 0. The molecule has 0 fully saturated rings. The largest absolute Gasteiger partial charge is 0.476 e. The van der Waals surface area contributed by atoms with Gasteiger partial charge in [0, 0.05) is 6.20 Å². The molecule has 2 N–H and O–H groups in total. The second-order valence-corrected chi connectivity index (χ2v) is 2.04. The average Bonchev–Trinajstić information content (AvgIpc) is 1.88. The number of carboxylic acid groups (broad SMARTS) is 1. The molecule has 0 radical (unpaired) electrons. The van der Waals surface area contributed by atoms with E-state index in [0.29, 0.717) is 4.64 Å². The van der Waals surface area contributed by atoms with Crippen LogP contribution in [0.25, 0.3) is 0 Å². The molecule has 1 aromatic rings. The molecule has 0 amide bonds. The number of carboxylic acids is 1. The number of aromatic carboxylic acids is 1. The standard InChI is InChI=1S/C5H4N2O2S/c8-5(9)3-1-7-4(10)2-6-3/h1-2H,(H,7,10)(H,8,9). The summed E-state index contributed by atoms with van der Waals surface area (Å²) in [5.41, 5.74) is -0.0337. The molecule has 10 heavy (non-hydrogen) atoms. The first-order valence-electron chi connectivity index (χ1n) is 2.48. The number of aromatic nitrogens is 2. The van der Waals surface area contributed by atoms with Crippen molar-refractivity contribution in [3.63, 3.8) is 0 Å². The third-order valence-corrected chi connectivity index (χ3v) is 1.11. The first-order valence-corrected chi connectivity index (χ1v) is 2.89. The lowest BCUT2D eigenvalue weighted by Gasteiger charge is -1.89. The summed E-state index contributed by atoms with van der Waals surface area (Å²) >= 11 is 4.65. The van der Waals surface area contributed by atoms with Gasteiger partial charge in [0.15, 0.2) is 5.69 Å². The molecule has 0 aliphatic heterocycles. The minimum Gasteiger partial charge on any atom is -0.476 e. The predicted molar refractivity (Wildman–Crippen MR) is 36.4 cm³/mol. The lowest BCUT2D eigenvalue weighted by molar-refractivity contribution is 0.0690. The summed E-state index contributed by atoms with van der Waals surface area (Å²) in [5, 5.41) is 8.36. The lowest BCUT2D eigenvalue weighted by atomic mass is 10.5. The number of carbonyl (C=O) groups is 1. The molecular weight excluding hydrogens is 152 g/mol. The number of aromatic amines is 1. The van der Waals surface area contributed by atoms with Gasteiger partial charge >= 0.3 is 5.97 Å². The summed E-state index contributed by atoms with van der Waals surface area (Å²) in [6.45, 7) is 0. The number of nitrogens with one attached hydrogen (secondary N) is 1. The summed E-state index contributed by atoms with van der Waals surface area (Å²) in [6, 6.07) is 0. The van der Waals surface area contributed by atoms with Crippen LogP contribution in [-0.4, -0.2) is 21.0 Å². The van der Waals surface area contributed by atoms with E-state index in [1.54, 1.807) is 0 Å². The number of nitrogens with zero attached hydrogens (tertiary/aromatic N) is 1. The highest BCUT2D eigenvalue weighted by atomic mass is 32.1. The molecule has 0 atom stereocenters. The highest BCUT2D eigenvalue weighted by Crippen LogP contribution is 1.89. The molecule has 4 nitrogen and oxygen atoms in total. The normalized spacial score (nSPS) is 9.20. The highest BCUT2D eigenvalue weighted by Gasteiger charge is 2.00. The van der Waals surface area contributed by atoms with Crippen LogP contribution in [0.5, 0.6) is 0 Å². The van der Waals surface area contributed by atoms with E-state index >= 15 is 0 Å². The van der Waals surface area contributed by atoms with Crippen molar-refractivity contribution < 1.29 is 9.90 Å². The van der Waals surface area contributed by atoms with Crippen LogP contribution in [-0.2, 0) is 0 Å². The Kier molecular flexibility index (Phi) is 1.77. The molecule has 5 heteroatoms. The van der Waals surface area contributed by atoms with Gasteiger partial charge in [-0.15, -0.1) is 0 Å². The second kappa shape index (κ2) is 2.57. The molecule has 0 unspecified atom stereocenters. The molecule has 1 rings (SSSR count). The zero-order chi connectivity index (χ0) is 7.56. The predicted octanol–water partition coefficient (Wildman–Crippen LogP) is 0.837. The zero-order valence-electron chi connectivity index (χ0n) is 4.87. The Hall–Kier alpha value is -1.23. The summed E-state index contributed by atoms with van der Waals surface area (Å²) in [6.07, 6.45) is 2.55. The quantitative estimate of drug-likeness (QED) is 0.591. The third kappa shape index (κ3) is 1.38. The van der Waals surface area contributed by atoms with Gasteiger partial charge in [-0.05, 0) is 0 Å². The van der Waals surface area contributed by atoms with Crippen LogP contribution >= 0.6 is 12.2 Å². The maximum absolute atomic E-state index is 10.2. The van der Waals surface area contributed by atoms with Crippen LogP contribution in [0.15, 0.2) is 12.4 Å². The Morgan fingerprint density at radius 2 is 2.50 bits per heavy atom. The van der Waals surface area contributed by atoms with E-state index in [4.69, 9.17) is 5.11 Å². The highest BCUT2D eigenvalue weighted by molar-refractivity contribution is 7.71. The van der Waals surface area contributed by atoms with Crippen LogP contribution in [0, 0.1) is 4.64 Å². The Morgan fingerprint density at radius 1 is 1.80 bits per heavy atom. The van der Waals surface area contributed by atoms with Crippen molar-refractivity contribution >= 4 is 18.2 Å². The van der Waals surface area contributed by atoms with Gasteiger partial charge in [-0.25, -0.2) is 9.78 Å². The van der Waals surface area contributed by atoms with Crippen LogP contribution in [0.1, 0.15) is 10.5 Å². The fourth-order valence-electron chi connectivity index (χ4n) is 0.459. The van der Waals surface area contributed by atoms with E-state index in [1.807, 2.05) is 0 Å². The van der Waals surface area contributed by atoms with Crippen molar-refractivity contribution in [3.8, 4) is 0 Å². The van der Waals surface area contributed by atoms with E-state index in [1.165, 1.54) is 12.4 Å². The summed E-state index contributed by atoms with van der Waals surface area (Å²) in [4.78, 5) is 16.3. The van der Waals surface area contributed by atoms with Crippen LogP contribution in [0.3, 0.4) is 0 Å². The molecular formula is C5H4N2O2S. The fourth-order valence-corrected chi connectivity index (χ4v) is 0.571. The topological polar surface area (TPSA) is 66.0 Å². The molecule has 0 saturated carbocycles. The van der Waals surface area contributed by atoms with Crippen molar-refractivity contribution in [1.82, 2.24) is 9.97 Å². The van der Waals surface area contributed by atoms with Crippen LogP contribution in [0.2, 0.25) is 0 Å². The molecule has 1 aromatic heterocycles. The number of hydrogen-bond acceptors (Lipinski definition) is 3. The monoisotopic (exact) mass is 156 g/mol. The second-order valence-electron chi connectivity index (χ2n) is 1.60. The number of rotatable bonds is 1. The maximum atomic E-state index is 10.2. The fraction of sp³-hybridized carbons (Fsp3) is 0. The smallest absolute Gasteiger partial charge is 0.356 e. The molecule has 0 aromatic carbocycles.